The highest BCUT2D eigenvalue weighted by molar-refractivity contribution is 5.71. The molecule has 1 heterocycles. The first-order valence-electron chi connectivity index (χ1n) is 5.94. The molecule has 1 saturated heterocycles. The van der Waals surface area contributed by atoms with Gasteiger partial charge in [-0.15, -0.1) is 0 Å². The summed E-state index contributed by atoms with van der Waals surface area (Å²) in [5, 5.41) is 22.3. The number of hydrogen-bond acceptors (Lipinski definition) is 3. The second-order valence-corrected chi connectivity index (χ2v) is 4.43. The lowest BCUT2D eigenvalue weighted by Gasteiger charge is -2.23. The Kier molecular flexibility index (Phi) is 3.64. The van der Waals surface area contributed by atoms with E-state index in [9.17, 15) is 15.0 Å². The molecule has 1 aromatic rings. The lowest BCUT2D eigenvalue weighted by atomic mass is 9.90. The molecule has 1 aromatic carbocycles. The fraction of sp³-hybridized carbons (Fsp3) is 0.462. The van der Waals surface area contributed by atoms with Crippen molar-refractivity contribution >= 4 is 5.97 Å². The third-order valence-corrected chi connectivity index (χ3v) is 3.30. The number of para-hydroxylation sites is 1. The number of phenols is 1. The van der Waals surface area contributed by atoms with Gasteiger partial charge in [0.15, 0.2) is 0 Å². The summed E-state index contributed by atoms with van der Waals surface area (Å²) in [6.45, 7) is 0.794. The minimum atomic E-state index is -0.798. The molecule has 2 rings (SSSR count). The van der Waals surface area contributed by atoms with Gasteiger partial charge in [0, 0.05) is 11.6 Å². The van der Waals surface area contributed by atoms with Gasteiger partial charge in [-0.2, -0.15) is 0 Å². The maximum absolute atomic E-state index is 11.3. The topological polar surface area (TPSA) is 69.6 Å². The summed E-state index contributed by atoms with van der Waals surface area (Å²) in [5.74, 6) is -1.10. The minimum Gasteiger partial charge on any atom is -0.508 e. The highest BCUT2D eigenvalue weighted by Gasteiger charge is 2.31. The number of hydrogen-bond donors (Lipinski definition) is 3. The molecule has 17 heavy (non-hydrogen) atoms. The van der Waals surface area contributed by atoms with E-state index >= 15 is 0 Å². The molecular formula is C13H17NO3. The minimum absolute atomic E-state index is 0.165. The smallest absolute Gasteiger partial charge is 0.308 e. The molecule has 0 unspecified atom stereocenters. The number of rotatable bonds is 2. The van der Waals surface area contributed by atoms with Crippen LogP contribution in [0.15, 0.2) is 24.3 Å². The van der Waals surface area contributed by atoms with Crippen LogP contribution in [0.25, 0.3) is 0 Å². The Morgan fingerprint density at radius 1 is 1.29 bits per heavy atom. The Morgan fingerprint density at radius 3 is 2.76 bits per heavy atom. The first-order chi connectivity index (χ1) is 8.20. The molecule has 0 bridgehead atoms. The molecule has 1 fully saturated rings. The first-order valence-corrected chi connectivity index (χ1v) is 5.94. The summed E-state index contributed by atoms with van der Waals surface area (Å²) in [5.41, 5.74) is 0.682. The lowest BCUT2D eigenvalue weighted by molar-refractivity contribution is -0.143. The van der Waals surface area contributed by atoms with E-state index in [1.165, 1.54) is 0 Å². The van der Waals surface area contributed by atoms with Crippen molar-refractivity contribution < 1.29 is 15.0 Å². The van der Waals surface area contributed by atoms with Gasteiger partial charge in [-0.3, -0.25) is 4.79 Å². The molecule has 4 heteroatoms. The predicted octanol–water partition coefficient (Wildman–Crippen LogP) is 1.91. The molecule has 0 spiro atoms. The van der Waals surface area contributed by atoms with Gasteiger partial charge < -0.3 is 15.5 Å². The summed E-state index contributed by atoms with van der Waals surface area (Å²) in [6.07, 6.45) is 2.54. The zero-order valence-corrected chi connectivity index (χ0v) is 9.60. The number of benzene rings is 1. The van der Waals surface area contributed by atoms with Gasteiger partial charge in [-0.05, 0) is 25.5 Å². The van der Waals surface area contributed by atoms with Crippen LogP contribution in [0.2, 0.25) is 0 Å². The van der Waals surface area contributed by atoms with Crippen molar-refractivity contribution in [2.45, 2.75) is 25.3 Å². The van der Waals surface area contributed by atoms with E-state index in [2.05, 4.69) is 5.32 Å². The molecule has 0 radical (unpaired) electrons. The second-order valence-electron chi connectivity index (χ2n) is 4.43. The zero-order valence-electron chi connectivity index (χ0n) is 9.60. The number of aromatic hydroxyl groups is 1. The first kappa shape index (κ1) is 11.9. The predicted molar refractivity (Wildman–Crippen MR) is 63.8 cm³/mol. The van der Waals surface area contributed by atoms with Crippen LogP contribution in [-0.2, 0) is 4.79 Å². The average Bonchev–Trinajstić information content (AvgIpc) is 2.55. The van der Waals surface area contributed by atoms with Crippen molar-refractivity contribution in [2.75, 3.05) is 6.54 Å². The number of aliphatic carboxylic acids is 1. The summed E-state index contributed by atoms with van der Waals surface area (Å²) in [4.78, 5) is 11.3. The van der Waals surface area contributed by atoms with E-state index in [0.717, 1.165) is 19.4 Å². The zero-order chi connectivity index (χ0) is 12.3. The normalized spacial score (nSPS) is 25.2. The third-order valence-electron chi connectivity index (χ3n) is 3.30. The molecule has 0 aromatic heterocycles. The SMILES string of the molecule is O=C(O)[C@H]1CCCCN[C@@H]1c1ccccc1O. The van der Waals surface area contributed by atoms with Crippen LogP contribution in [-0.4, -0.2) is 22.7 Å². The molecule has 3 N–H and O–H groups in total. The molecule has 92 valence electrons. The van der Waals surface area contributed by atoms with Gasteiger partial charge in [0.1, 0.15) is 5.75 Å². The molecule has 0 aliphatic carbocycles. The van der Waals surface area contributed by atoms with E-state index in [-0.39, 0.29) is 11.8 Å². The second kappa shape index (κ2) is 5.19. The summed E-state index contributed by atoms with van der Waals surface area (Å²) in [7, 11) is 0. The summed E-state index contributed by atoms with van der Waals surface area (Å²) in [6, 6.07) is 6.65. The average molecular weight is 235 g/mol. The molecule has 1 aliphatic rings. The molecule has 4 nitrogen and oxygen atoms in total. The number of carboxylic acid groups (broad SMARTS) is 1. The van der Waals surface area contributed by atoms with Crippen LogP contribution in [0.5, 0.6) is 5.75 Å². The highest BCUT2D eigenvalue weighted by atomic mass is 16.4. The molecular weight excluding hydrogens is 218 g/mol. The fourth-order valence-corrected chi connectivity index (χ4v) is 2.40. The van der Waals surface area contributed by atoms with Crippen LogP contribution in [0.1, 0.15) is 30.9 Å². The molecule has 1 aliphatic heterocycles. The van der Waals surface area contributed by atoms with Crippen LogP contribution < -0.4 is 5.32 Å². The Morgan fingerprint density at radius 2 is 2.06 bits per heavy atom. The fourth-order valence-electron chi connectivity index (χ4n) is 2.40. The van der Waals surface area contributed by atoms with Crippen LogP contribution >= 0.6 is 0 Å². The molecule has 2 atom stereocenters. The van der Waals surface area contributed by atoms with Gasteiger partial charge in [0.25, 0.3) is 0 Å². The monoisotopic (exact) mass is 235 g/mol. The van der Waals surface area contributed by atoms with E-state index in [4.69, 9.17) is 0 Å². The van der Waals surface area contributed by atoms with Crippen molar-refractivity contribution in [3.63, 3.8) is 0 Å². The maximum Gasteiger partial charge on any atom is 0.308 e. The summed E-state index contributed by atoms with van der Waals surface area (Å²) < 4.78 is 0. The number of phenolic OH excluding ortho intramolecular Hbond substituents is 1. The van der Waals surface area contributed by atoms with Crippen LogP contribution in [0, 0.1) is 5.92 Å². The molecule has 0 amide bonds. The molecule has 0 saturated carbocycles. The van der Waals surface area contributed by atoms with Crippen molar-refractivity contribution in [1.29, 1.82) is 0 Å². The number of carbonyl (C=O) groups is 1. The lowest BCUT2D eigenvalue weighted by Crippen LogP contribution is -2.31. The maximum atomic E-state index is 11.3. The van der Waals surface area contributed by atoms with E-state index in [1.807, 2.05) is 6.07 Å². The van der Waals surface area contributed by atoms with Gasteiger partial charge in [0.05, 0.1) is 5.92 Å². The third kappa shape index (κ3) is 2.58. The van der Waals surface area contributed by atoms with E-state index in [0.29, 0.717) is 12.0 Å². The summed E-state index contributed by atoms with van der Waals surface area (Å²) >= 11 is 0. The van der Waals surface area contributed by atoms with E-state index < -0.39 is 11.9 Å². The van der Waals surface area contributed by atoms with Gasteiger partial charge in [0.2, 0.25) is 0 Å². The van der Waals surface area contributed by atoms with Crippen molar-refractivity contribution in [2.24, 2.45) is 5.92 Å². The Bertz CT molecular complexity index is 405. The van der Waals surface area contributed by atoms with Crippen molar-refractivity contribution in [1.82, 2.24) is 5.32 Å². The largest absolute Gasteiger partial charge is 0.508 e. The highest BCUT2D eigenvalue weighted by Crippen LogP contribution is 2.33. The Hall–Kier alpha value is -1.55. The Balaban J connectivity index is 2.32. The van der Waals surface area contributed by atoms with Crippen molar-refractivity contribution in [3.05, 3.63) is 29.8 Å². The van der Waals surface area contributed by atoms with Crippen LogP contribution in [0.4, 0.5) is 0 Å². The van der Waals surface area contributed by atoms with E-state index in [1.54, 1.807) is 18.2 Å². The van der Waals surface area contributed by atoms with Gasteiger partial charge in [-0.25, -0.2) is 0 Å². The van der Waals surface area contributed by atoms with Crippen molar-refractivity contribution in [3.8, 4) is 5.75 Å². The Labute approximate surface area is 100 Å². The number of carboxylic acids is 1. The van der Waals surface area contributed by atoms with Gasteiger partial charge in [-0.1, -0.05) is 24.6 Å². The van der Waals surface area contributed by atoms with Crippen LogP contribution in [0.3, 0.4) is 0 Å². The standard InChI is InChI=1S/C13H17NO3/c15-11-7-2-1-5-9(11)12-10(13(16)17)6-3-4-8-14-12/h1-2,5,7,10,12,14-15H,3-4,6,8H2,(H,16,17)/t10-,12+/m0/s1. The quantitative estimate of drug-likeness (QED) is 0.732. The number of nitrogens with one attached hydrogen (secondary N) is 1. The van der Waals surface area contributed by atoms with Gasteiger partial charge >= 0.3 is 5.97 Å².